The first-order valence-electron chi connectivity index (χ1n) is 6.38. The van der Waals surface area contributed by atoms with Gasteiger partial charge >= 0.3 is 0 Å². The Hall–Kier alpha value is -1.86. The van der Waals surface area contributed by atoms with Gasteiger partial charge in [0.25, 0.3) is 10.0 Å². The monoisotopic (exact) mass is 294 g/mol. The lowest BCUT2D eigenvalue weighted by molar-refractivity contribution is 0.597. The van der Waals surface area contributed by atoms with Gasteiger partial charge in [-0.15, -0.1) is 0 Å². The Labute approximate surface area is 118 Å². The van der Waals surface area contributed by atoms with Gasteiger partial charge in [-0.25, -0.2) is 8.42 Å². The molecule has 0 spiro atoms. The molecule has 0 bridgehead atoms. The highest BCUT2D eigenvalue weighted by Crippen LogP contribution is 2.20. The van der Waals surface area contributed by atoms with Crippen LogP contribution in [0.3, 0.4) is 0 Å². The second-order valence-corrected chi connectivity index (χ2v) is 6.13. The molecule has 1 atom stereocenters. The van der Waals surface area contributed by atoms with Gasteiger partial charge in [-0.3, -0.25) is 9.82 Å². The summed E-state index contributed by atoms with van der Waals surface area (Å²) in [5.74, 6) is 0. The van der Waals surface area contributed by atoms with Crippen LogP contribution in [0.25, 0.3) is 0 Å². The normalized spacial score (nSPS) is 13.1. The molecule has 0 aliphatic carbocycles. The predicted octanol–water partition coefficient (Wildman–Crippen LogP) is 1.88. The third-order valence-corrected chi connectivity index (χ3v) is 4.28. The zero-order valence-electron chi connectivity index (χ0n) is 11.4. The number of hydrogen-bond donors (Lipinski definition) is 3. The van der Waals surface area contributed by atoms with Crippen LogP contribution in [0.5, 0.6) is 0 Å². The minimum Gasteiger partial charge on any atom is -0.310 e. The Morgan fingerprint density at radius 2 is 2.20 bits per heavy atom. The summed E-state index contributed by atoms with van der Waals surface area (Å²) in [5, 5.41) is 9.42. The van der Waals surface area contributed by atoms with Crippen molar-refractivity contribution in [3.8, 4) is 0 Å². The Bertz CT molecular complexity index is 653. The Kier molecular flexibility index (Phi) is 4.41. The third kappa shape index (κ3) is 3.37. The van der Waals surface area contributed by atoms with Crippen LogP contribution in [-0.4, -0.2) is 25.2 Å². The first kappa shape index (κ1) is 14.5. The predicted molar refractivity (Wildman–Crippen MR) is 77.9 cm³/mol. The standard InChI is InChI=1S/C13H18N4O2S/c1-3-14-10(2)11-5-4-6-12(7-11)17-20(18,19)13-8-15-16-9-13/h4-10,14,17H,3H2,1-2H3,(H,15,16). The Morgan fingerprint density at radius 1 is 1.40 bits per heavy atom. The van der Waals surface area contributed by atoms with Crippen LogP contribution in [-0.2, 0) is 10.0 Å². The molecule has 1 unspecified atom stereocenters. The molecule has 2 aromatic rings. The minimum absolute atomic E-state index is 0.114. The number of benzene rings is 1. The maximum atomic E-state index is 12.1. The first-order chi connectivity index (χ1) is 9.53. The lowest BCUT2D eigenvalue weighted by atomic mass is 10.1. The quantitative estimate of drug-likeness (QED) is 0.759. The van der Waals surface area contributed by atoms with Crippen molar-refractivity contribution in [1.29, 1.82) is 0 Å². The van der Waals surface area contributed by atoms with Gasteiger partial charge in [0.2, 0.25) is 0 Å². The van der Waals surface area contributed by atoms with Crippen molar-refractivity contribution >= 4 is 15.7 Å². The molecule has 0 aliphatic heterocycles. The average molecular weight is 294 g/mol. The van der Waals surface area contributed by atoms with Crippen LogP contribution < -0.4 is 10.0 Å². The van der Waals surface area contributed by atoms with Crippen molar-refractivity contribution < 1.29 is 8.42 Å². The summed E-state index contributed by atoms with van der Waals surface area (Å²) in [4.78, 5) is 0.114. The number of rotatable bonds is 6. The molecule has 0 amide bonds. The zero-order valence-corrected chi connectivity index (χ0v) is 12.2. The molecule has 1 aromatic heterocycles. The van der Waals surface area contributed by atoms with Gasteiger partial charge < -0.3 is 5.32 Å². The van der Waals surface area contributed by atoms with Gasteiger partial charge in [0.15, 0.2) is 0 Å². The van der Waals surface area contributed by atoms with Gasteiger partial charge in [0.1, 0.15) is 4.90 Å². The Morgan fingerprint density at radius 3 is 2.85 bits per heavy atom. The number of anilines is 1. The van der Waals surface area contributed by atoms with Crippen LogP contribution in [0.4, 0.5) is 5.69 Å². The number of nitrogens with one attached hydrogen (secondary N) is 3. The van der Waals surface area contributed by atoms with Crippen LogP contribution in [0.1, 0.15) is 25.5 Å². The molecule has 0 aliphatic rings. The summed E-state index contributed by atoms with van der Waals surface area (Å²) in [6.07, 6.45) is 2.61. The zero-order chi connectivity index (χ0) is 14.6. The smallest absolute Gasteiger partial charge is 0.265 e. The average Bonchev–Trinajstić information content (AvgIpc) is 2.93. The van der Waals surface area contributed by atoms with E-state index >= 15 is 0 Å². The molecule has 0 saturated heterocycles. The van der Waals surface area contributed by atoms with E-state index in [1.54, 1.807) is 6.07 Å². The van der Waals surface area contributed by atoms with E-state index in [2.05, 4.69) is 20.2 Å². The number of aromatic amines is 1. The van der Waals surface area contributed by atoms with E-state index in [0.717, 1.165) is 12.1 Å². The van der Waals surface area contributed by atoms with Gasteiger partial charge in [-0.1, -0.05) is 19.1 Å². The van der Waals surface area contributed by atoms with E-state index in [-0.39, 0.29) is 10.9 Å². The van der Waals surface area contributed by atoms with Crippen LogP contribution in [0, 0.1) is 0 Å². The van der Waals surface area contributed by atoms with Crippen molar-refractivity contribution in [1.82, 2.24) is 15.5 Å². The highest BCUT2D eigenvalue weighted by atomic mass is 32.2. The van der Waals surface area contributed by atoms with Crippen molar-refractivity contribution in [2.24, 2.45) is 0 Å². The maximum absolute atomic E-state index is 12.1. The topological polar surface area (TPSA) is 86.9 Å². The molecule has 1 aromatic carbocycles. The fourth-order valence-corrected chi connectivity index (χ4v) is 2.85. The van der Waals surface area contributed by atoms with Crippen LogP contribution in [0.15, 0.2) is 41.6 Å². The van der Waals surface area contributed by atoms with Gasteiger partial charge in [0, 0.05) is 17.9 Å². The second kappa shape index (κ2) is 6.06. The van der Waals surface area contributed by atoms with Crippen molar-refractivity contribution in [3.63, 3.8) is 0 Å². The lowest BCUT2D eigenvalue weighted by Crippen LogP contribution is -2.18. The molecule has 108 valence electrons. The first-order valence-corrected chi connectivity index (χ1v) is 7.86. The number of sulfonamides is 1. The summed E-state index contributed by atoms with van der Waals surface area (Å²) in [6.45, 7) is 4.92. The number of aromatic nitrogens is 2. The molecule has 6 nitrogen and oxygen atoms in total. The molecule has 0 radical (unpaired) electrons. The summed E-state index contributed by atoms with van der Waals surface area (Å²) in [6, 6.07) is 7.50. The molecule has 3 N–H and O–H groups in total. The van der Waals surface area contributed by atoms with E-state index < -0.39 is 10.0 Å². The molecule has 0 saturated carbocycles. The van der Waals surface area contributed by atoms with Crippen molar-refractivity contribution in [3.05, 3.63) is 42.2 Å². The molecule has 1 heterocycles. The van der Waals surface area contributed by atoms with E-state index in [1.165, 1.54) is 12.4 Å². The minimum atomic E-state index is -3.59. The van der Waals surface area contributed by atoms with E-state index in [0.29, 0.717) is 5.69 Å². The molecule has 7 heteroatoms. The fraction of sp³-hybridized carbons (Fsp3) is 0.308. The van der Waals surface area contributed by atoms with Crippen molar-refractivity contribution in [2.45, 2.75) is 24.8 Å². The van der Waals surface area contributed by atoms with E-state index in [4.69, 9.17) is 0 Å². The molecular weight excluding hydrogens is 276 g/mol. The Balaban J connectivity index is 2.20. The van der Waals surface area contributed by atoms with Crippen molar-refractivity contribution in [2.75, 3.05) is 11.3 Å². The van der Waals surface area contributed by atoms with Gasteiger partial charge in [0.05, 0.1) is 6.20 Å². The number of nitrogens with zero attached hydrogens (tertiary/aromatic N) is 1. The molecular formula is C13H18N4O2S. The SMILES string of the molecule is CCNC(C)c1cccc(NS(=O)(=O)c2cn[nH]c2)c1. The van der Waals surface area contributed by atoms with Crippen LogP contribution in [0.2, 0.25) is 0 Å². The molecule has 20 heavy (non-hydrogen) atoms. The number of hydrogen-bond acceptors (Lipinski definition) is 4. The largest absolute Gasteiger partial charge is 0.310 e. The van der Waals surface area contributed by atoms with E-state index in [9.17, 15) is 8.42 Å². The molecule has 2 rings (SSSR count). The van der Waals surface area contributed by atoms with Gasteiger partial charge in [-0.2, -0.15) is 5.10 Å². The lowest BCUT2D eigenvalue weighted by Gasteiger charge is -2.14. The number of H-pyrrole nitrogens is 1. The fourth-order valence-electron chi connectivity index (χ4n) is 1.90. The maximum Gasteiger partial charge on any atom is 0.265 e. The highest BCUT2D eigenvalue weighted by molar-refractivity contribution is 7.92. The molecule has 0 fully saturated rings. The van der Waals surface area contributed by atoms with Gasteiger partial charge in [-0.05, 0) is 31.2 Å². The second-order valence-electron chi connectivity index (χ2n) is 4.44. The summed E-state index contributed by atoms with van der Waals surface area (Å²) in [5.41, 5.74) is 1.56. The summed E-state index contributed by atoms with van der Waals surface area (Å²) in [7, 11) is -3.59. The summed E-state index contributed by atoms with van der Waals surface area (Å²) < 4.78 is 26.7. The van der Waals surface area contributed by atoms with Crippen LogP contribution >= 0.6 is 0 Å². The summed E-state index contributed by atoms with van der Waals surface area (Å²) >= 11 is 0. The highest BCUT2D eigenvalue weighted by Gasteiger charge is 2.15. The third-order valence-electron chi connectivity index (χ3n) is 2.93. The van der Waals surface area contributed by atoms with E-state index in [1.807, 2.05) is 32.0 Å².